The van der Waals surface area contributed by atoms with Crippen molar-refractivity contribution in [1.82, 2.24) is 26.6 Å². The fraction of sp³-hybridized carbons (Fsp3) is 0.917. The van der Waals surface area contributed by atoms with Crippen LogP contribution in [0.15, 0.2) is 0 Å². The first-order valence-corrected chi connectivity index (χ1v) is 34.3. The van der Waals surface area contributed by atoms with Crippen molar-refractivity contribution in [2.45, 2.75) is 279 Å². The average molecular weight is 1580 g/mol. The molecule has 8 aliphatic rings. The molecule has 8 saturated heterocycles. The Kier molecular flexibility index (Phi) is 33.3. The number of aliphatic hydroxyl groups is 22. The molecule has 48 nitrogen and oxygen atoms in total. The molecule has 0 aliphatic carbocycles. The van der Waals surface area contributed by atoms with Crippen LogP contribution in [-0.4, -0.2) is 460 Å². The largest absolute Gasteiger partial charge is 0.394 e. The van der Waals surface area contributed by atoms with Crippen LogP contribution >= 0.6 is 0 Å². The predicted octanol–water partition coefficient (Wildman–Crippen LogP) is -18.7. The van der Waals surface area contributed by atoms with Gasteiger partial charge in [-0.05, 0) is 0 Å². The molecule has 624 valence electrons. The highest BCUT2D eigenvalue weighted by molar-refractivity contribution is 5.74. The summed E-state index contributed by atoms with van der Waals surface area (Å²) < 4.78 is 94.5. The molecule has 0 aromatic rings. The molecule has 8 rings (SSSR count). The summed E-state index contributed by atoms with van der Waals surface area (Å²) in [5.74, 6) is -3.64. The van der Waals surface area contributed by atoms with Crippen molar-refractivity contribution in [2.24, 2.45) is 0 Å². The number of amides is 5. The zero-order chi connectivity index (χ0) is 79.6. The summed E-state index contributed by atoms with van der Waals surface area (Å²) >= 11 is 0. The maximum absolute atomic E-state index is 13.3. The van der Waals surface area contributed by atoms with E-state index in [0.717, 1.165) is 27.7 Å². The summed E-state index contributed by atoms with van der Waals surface area (Å²) in [5.41, 5.74) is 0. The Bertz CT molecular complexity index is 2830. The number of rotatable bonds is 32. The van der Waals surface area contributed by atoms with Gasteiger partial charge in [0.1, 0.15) is 195 Å². The van der Waals surface area contributed by atoms with Crippen molar-refractivity contribution in [1.29, 1.82) is 0 Å². The van der Waals surface area contributed by atoms with Gasteiger partial charge in [0, 0.05) is 27.7 Å². The second-order valence-corrected chi connectivity index (χ2v) is 26.8. The Morgan fingerprint density at radius 3 is 0.954 bits per heavy atom. The van der Waals surface area contributed by atoms with Crippen molar-refractivity contribution in [2.75, 3.05) is 66.1 Å². The molecule has 0 unspecified atom stereocenters. The molecule has 8 aliphatic heterocycles. The van der Waals surface area contributed by atoms with Crippen LogP contribution in [0.25, 0.3) is 0 Å². The summed E-state index contributed by atoms with van der Waals surface area (Å²) in [6.07, 6.45) is -73.6. The first-order chi connectivity index (χ1) is 51.2. The van der Waals surface area contributed by atoms with Crippen molar-refractivity contribution in [3.05, 3.63) is 0 Å². The number of nitrogens with one attached hydrogen (secondary N) is 5. The lowest BCUT2D eigenvalue weighted by Crippen LogP contribution is -2.71. The number of carbonyl (C=O) groups excluding carboxylic acids is 5. The van der Waals surface area contributed by atoms with Crippen LogP contribution in [0.1, 0.15) is 27.7 Å². The van der Waals surface area contributed by atoms with Gasteiger partial charge in [-0.15, -0.1) is 0 Å². The third-order valence-electron chi connectivity index (χ3n) is 19.2. The van der Waals surface area contributed by atoms with Crippen molar-refractivity contribution >= 4 is 30.0 Å². The molecule has 0 aromatic heterocycles. The SMILES string of the molecule is CC(=O)N[C@H]1[C@@H](O[C@H]2[C@@H](O)[C@@H](CO)O[C@@H](O[C@H]3[C@H](O)[C@@H](CO)O[C@@H](O[C@H]4[C@@H](O)[C@@H](CO[C@@H]5O[C@H](CO)[C@@H](O)[C@H](O)[C@H]5NC(C)=O)O[C@@H](O[C@H]5[C@H](O)[C@@H](CO)O[C@@H](O[C@H]6[C@@H](O)[C@@H](CO)O[C@@H](O[C@H]7[C@H](O)[C@@H](O)[C@H](OC[C@@H](CO)NC=O)O[C@@H]7CO)[C@@H]6O)[C@@H]5NC(C)=O)[C@@H]4O)[C@@H]3NC(C)=O)[C@@H]2O)O[C@H](CO)[C@H](O)[C@@H]1O. The number of ether oxygens (including phenoxy) is 16. The van der Waals surface area contributed by atoms with Crippen LogP contribution < -0.4 is 26.6 Å². The molecule has 8 heterocycles. The molecule has 0 radical (unpaired) electrons. The average Bonchev–Trinajstić information content (AvgIpc) is 0.765. The van der Waals surface area contributed by atoms with Gasteiger partial charge in [-0.1, -0.05) is 0 Å². The smallest absolute Gasteiger partial charge is 0.217 e. The third kappa shape index (κ3) is 20.5. The summed E-state index contributed by atoms with van der Waals surface area (Å²) in [4.78, 5) is 62.4. The zero-order valence-electron chi connectivity index (χ0n) is 58.2. The quantitative estimate of drug-likeness (QED) is 0.0278. The number of aliphatic hydroxyl groups excluding tert-OH is 22. The maximum atomic E-state index is 13.3. The molecule has 0 aromatic carbocycles. The van der Waals surface area contributed by atoms with E-state index in [1.54, 1.807) is 0 Å². The molecule has 5 amide bonds. The highest BCUT2D eigenvalue weighted by Crippen LogP contribution is 2.39. The molecule has 0 spiro atoms. The maximum Gasteiger partial charge on any atom is 0.217 e. The Hall–Kier alpha value is -4.17. The van der Waals surface area contributed by atoms with Crippen LogP contribution in [0.3, 0.4) is 0 Å². The summed E-state index contributed by atoms with van der Waals surface area (Å²) in [7, 11) is 0. The van der Waals surface area contributed by atoms with Gasteiger partial charge >= 0.3 is 0 Å². The van der Waals surface area contributed by atoms with Gasteiger partial charge in [-0.2, -0.15) is 0 Å². The minimum absolute atomic E-state index is 0.248. The summed E-state index contributed by atoms with van der Waals surface area (Å²) in [5, 5.41) is 256. The van der Waals surface area contributed by atoms with E-state index in [2.05, 4.69) is 26.6 Å². The minimum Gasteiger partial charge on any atom is -0.394 e. The van der Waals surface area contributed by atoms with Gasteiger partial charge in [-0.25, -0.2) is 0 Å². The lowest BCUT2D eigenvalue weighted by molar-refractivity contribution is -0.389. The van der Waals surface area contributed by atoms with Gasteiger partial charge in [0.25, 0.3) is 0 Å². The van der Waals surface area contributed by atoms with E-state index in [1.807, 2.05) is 0 Å². The normalized spacial score (nSPS) is 46.2. The molecular weight excluding hydrogens is 1480 g/mol. The molecule has 27 N–H and O–H groups in total. The molecule has 0 bridgehead atoms. The Morgan fingerprint density at radius 2 is 0.593 bits per heavy atom. The van der Waals surface area contributed by atoms with Crippen LogP contribution in [-0.2, 0) is 99.8 Å². The minimum atomic E-state index is -2.53. The molecule has 48 heteroatoms. The first kappa shape index (κ1) is 89.4. The molecule has 108 heavy (non-hydrogen) atoms. The summed E-state index contributed by atoms with van der Waals surface area (Å²) in [6.45, 7) is -5.80. The Labute approximate surface area is 612 Å². The lowest BCUT2D eigenvalue weighted by atomic mass is 9.93. The van der Waals surface area contributed by atoms with E-state index in [1.165, 1.54) is 0 Å². The highest BCUT2D eigenvalue weighted by atomic mass is 16.8. The predicted molar refractivity (Wildman–Crippen MR) is 335 cm³/mol. The molecular formula is C60H101N5O43. The van der Waals surface area contributed by atoms with Gasteiger partial charge in [0.05, 0.1) is 72.1 Å². The monoisotopic (exact) mass is 1580 g/mol. The van der Waals surface area contributed by atoms with E-state index >= 15 is 0 Å². The Balaban J connectivity index is 1.12. The van der Waals surface area contributed by atoms with E-state index in [9.17, 15) is 136 Å². The van der Waals surface area contributed by atoms with Gasteiger partial charge in [0.15, 0.2) is 50.3 Å². The van der Waals surface area contributed by atoms with Crippen LogP contribution in [0.2, 0.25) is 0 Å². The molecule has 0 saturated carbocycles. The first-order valence-electron chi connectivity index (χ1n) is 34.3. The highest BCUT2D eigenvalue weighted by Gasteiger charge is 2.60. The fourth-order valence-electron chi connectivity index (χ4n) is 13.6. The molecule has 41 atom stereocenters. The van der Waals surface area contributed by atoms with Gasteiger partial charge in [-0.3, -0.25) is 24.0 Å². The molecule has 8 fully saturated rings. The second-order valence-electron chi connectivity index (χ2n) is 26.8. The van der Waals surface area contributed by atoms with Gasteiger partial charge in [0.2, 0.25) is 30.0 Å². The van der Waals surface area contributed by atoms with Gasteiger partial charge < -0.3 is 215 Å². The van der Waals surface area contributed by atoms with Crippen LogP contribution in [0.5, 0.6) is 0 Å². The zero-order valence-corrected chi connectivity index (χ0v) is 58.2. The number of hydrogen-bond acceptors (Lipinski definition) is 43. The van der Waals surface area contributed by atoms with Crippen LogP contribution in [0, 0.1) is 0 Å². The summed E-state index contributed by atoms with van der Waals surface area (Å²) in [6, 6.07) is -8.43. The lowest BCUT2D eigenvalue weighted by Gasteiger charge is -2.51. The second kappa shape index (κ2) is 40.2. The van der Waals surface area contributed by atoms with E-state index < -0.39 is 341 Å². The number of hydrogen-bond donors (Lipinski definition) is 27. The Morgan fingerprint density at radius 1 is 0.306 bits per heavy atom. The third-order valence-corrected chi connectivity index (χ3v) is 19.2. The standard InChI is InChI=1S/C60H101N5O43/c1-16(75)62-29-40(86)33(79)21(6-67)95-53(29)94-14-28-39(85)52(108-56-31(64-18(3)77)48(35(81)23(8-69)98-56)104-59-45(91)50(37(83)26(11-72)100-59)106-54-30(63-17(2)76)41(87)34(80)22(7-68)96-54)46(92)60(102-28)105-49-32(65-19(4)78)55(97-24(9-70)36(49)82)107-51-38(84)25(10-71)99-58(44(51)90)103-47-27(12-73)101-57(43(89)42(47)88)93-13-20(5-66)61-15-74/h15,20-60,66-73,79-92H,5-14H2,1-4H3,(H,61,74)(H,62,75)(H,63,76)(H,64,77)(H,65,78)/t20-,21-,22-,23-,24-,25-,26-,27-,28-,29-,30-,31-,32-,33-,34+,35-,36-,37+,38+,39+,40-,41-,42-,43-,44-,45-,46-,47-,48-,49-,50+,51+,52+,53-,54-,55+,56+,57-,58+,59+,60+/m1/s1. The fourth-order valence-corrected chi connectivity index (χ4v) is 13.6. The number of carbonyl (C=O) groups is 5. The van der Waals surface area contributed by atoms with Crippen LogP contribution in [0.4, 0.5) is 0 Å². The van der Waals surface area contributed by atoms with Crippen molar-refractivity contribution in [3.63, 3.8) is 0 Å². The van der Waals surface area contributed by atoms with Crippen molar-refractivity contribution in [3.8, 4) is 0 Å². The topological polar surface area (TPSA) is 738 Å². The van der Waals surface area contributed by atoms with E-state index in [4.69, 9.17) is 75.8 Å². The van der Waals surface area contributed by atoms with E-state index in [-0.39, 0.29) is 6.41 Å². The van der Waals surface area contributed by atoms with E-state index in [0.29, 0.717) is 0 Å². The van der Waals surface area contributed by atoms with Crippen molar-refractivity contribution < 1.29 is 212 Å².